The number of hydrogen-bond donors (Lipinski definition) is 2. The molecule has 0 radical (unpaired) electrons. The number of anilines is 2. The van der Waals surface area contributed by atoms with Crippen LogP contribution in [0.5, 0.6) is 0 Å². The Morgan fingerprint density at radius 2 is 1.68 bits per heavy atom. The van der Waals surface area contributed by atoms with E-state index in [9.17, 15) is 0 Å². The standard InChI is InChI=1S/C28H39N5O/c1-33(2)27-25-12-6-7-13-26(25)31-28(32-27)30-24-16-14-22(15-17-24)20-29-18-8-9-19-34-21-23-10-4-3-5-11-23/h3-7,10-13,22,24,29H,8-9,14-21H2,1-2H3,(H,30,31,32)/t22-,24+. The quantitative estimate of drug-likeness (QED) is 0.359. The highest BCUT2D eigenvalue weighted by atomic mass is 16.5. The summed E-state index contributed by atoms with van der Waals surface area (Å²) in [4.78, 5) is 11.6. The van der Waals surface area contributed by atoms with Crippen molar-refractivity contribution in [3.8, 4) is 0 Å². The third-order valence-electron chi connectivity index (χ3n) is 6.62. The van der Waals surface area contributed by atoms with Crippen LogP contribution in [0.1, 0.15) is 44.1 Å². The first kappa shape index (κ1) is 24.4. The predicted molar refractivity (Wildman–Crippen MR) is 141 cm³/mol. The van der Waals surface area contributed by atoms with Gasteiger partial charge in [0.1, 0.15) is 5.82 Å². The van der Waals surface area contributed by atoms with Gasteiger partial charge in [-0.25, -0.2) is 4.98 Å². The van der Waals surface area contributed by atoms with Crippen molar-refractivity contribution in [2.24, 2.45) is 5.92 Å². The average molecular weight is 462 g/mol. The van der Waals surface area contributed by atoms with Crippen LogP contribution in [0.2, 0.25) is 0 Å². The molecule has 1 saturated carbocycles. The smallest absolute Gasteiger partial charge is 0.225 e. The van der Waals surface area contributed by atoms with Gasteiger partial charge in [0.25, 0.3) is 0 Å². The van der Waals surface area contributed by atoms with Gasteiger partial charge in [0.2, 0.25) is 5.95 Å². The van der Waals surface area contributed by atoms with E-state index < -0.39 is 0 Å². The summed E-state index contributed by atoms with van der Waals surface area (Å²) in [6, 6.07) is 19.1. The van der Waals surface area contributed by atoms with Gasteiger partial charge >= 0.3 is 0 Å². The van der Waals surface area contributed by atoms with Crippen LogP contribution >= 0.6 is 0 Å². The lowest BCUT2D eigenvalue weighted by Crippen LogP contribution is -2.32. The fourth-order valence-corrected chi connectivity index (χ4v) is 4.68. The zero-order valence-electron chi connectivity index (χ0n) is 20.7. The number of nitrogens with zero attached hydrogens (tertiary/aromatic N) is 3. The van der Waals surface area contributed by atoms with Crippen LogP contribution in [0.15, 0.2) is 54.6 Å². The van der Waals surface area contributed by atoms with Crippen molar-refractivity contribution >= 4 is 22.7 Å². The molecule has 34 heavy (non-hydrogen) atoms. The van der Waals surface area contributed by atoms with Crippen molar-refractivity contribution in [1.29, 1.82) is 0 Å². The Labute approximate surface area is 204 Å². The van der Waals surface area contributed by atoms with Gasteiger partial charge in [0.15, 0.2) is 0 Å². The van der Waals surface area contributed by atoms with Crippen molar-refractivity contribution in [2.45, 2.75) is 51.2 Å². The van der Waals surface area contributed by atoms with Crippen LogP contribution in [0.3, 0.4) is 0 Å². The molecule has 0 unspecified atom stereocenters. The van der Waals surface area contributed by atoms with Crippen molar-refractivity contribution in [2.75, 3.05) is 44.0 Å². The number of hydrogen-bond acceptors (Lipinski definition) is 6. The summed E-state index contributed by atoms with van der Waals surface area (Å²) >= 11 is 0. The lowest BCUT2D eigenvalue weighted by Gasteiger charge is -2.29. The van der Waals surface area contributed by atoms with E-state index in [0.717, 1.165) is 54.7 Å². The predicted octanol–water partition coefficient (Wildman–Crippen LogP) is 5.25. The summed E-state index contributed by atoms with van der Waals surface area (Å²) in [6.45, 7) is 3.74. The van der Waals surface area contributed by atoms with Crippen LogP contribution in [0.25, 0.3) is 10.9 Å². The van der Waals surface area contributed by atoms with Gasteiger partial charge < -0.3 is 20.3 Å². The van der Waals surface area contributed by atoms with Crippen LogP contribution in [0.4, 0.5) is 11.8 Å². The van der Waals surface area contributed by atoms with Gasteiger partial charge in [-0.2, -0.15) is 4.98 Å². The highest BCUT2D eigenvalue weighted by Crippen LogP contribution is 2.28. The summed E-state index contributed by atoms with van der Waals surface area (Å²) in [6.07, 6.45) is 7.12. The molecule has 0 amide bonds. The van der Waals surface area contributed by atoms with E-state index >= 15 is 0 Å². The van der Waals surface area contributed by atoms with Gasteiger partial charge in [0, 0.05) is 32.1 Å². The lowest BCUT2D eigenvalue weighted by molar-refractivity contribution is 0.117. The molecular weight excluding hydrogens is 422 g/mol. The highest BCUT2D eigenvalue weighted by Gasteiger charge is 2.22. The molecule has 0 aliphatic heterocycles. The Balaban J connectivity index is 1.11. The van der Waals surface area contributed by atoms with Crippen molar-refractivity contribution in [1.82, 2.24) is 15.3 Å². The zero-order chi connectivity index (χ0) is 23.6. The lowest BCUT2D eigenvalue weighted by atomic mass is 9.86. The summed E-state index contributed by atoms with van der Waals surface area (Å²) in [5.41, 5.74) is 2.24. The van der Waals surface area contributed by atoms with Crippen LogP contribution in [0, 0.1) is 5.92 Å². The monoisotopic (exact) mass is 461 g/mol. The molecule has 3 aromatic rings. The minimum atomic E-state index is 0.453. The van der Waals surface area contributed by atoms with E-state index in [2.05, 4.69) is 51.9 Å². The second-order valence-corrected chi connectivity index (χ2v) is 9.59. The van der Waals surface area contributed by atoms with Gasteiger partial charge in [-0.15, -0.1) is 0 Å². The summed E-state index contributed by atoms with van der Waals surface area (Å²) in [5.74, 6) is 2.48. The zero-order valence-corrected chi connectivity index (χ0v) is 20.7. The normalized spacial score (nSPS) is 18.2. The van der Waals surface area contributed by atoms with E-state index in [1.54, 1.807) is 0 Å². The Morgan fingerprint density at radius 3 is 2.47 bits per heavy atom. The second kappa shape index (κ2) is 12.7. The second-order valence-electron chi connectivity index (χ2n) is 9.59. The van der Waals surface area contributed by atoms with Gasteiger partial charge in [-0.05, 0) is 75.2 Å². The fourth-order valence-electron chi connectivity index (χ4n) is 4.68. The maximum Gasteiger partial charge on any atom is 0.225 e. The number of rotatable bonds is 12. The third kappa shape index (κ3) is 7.15. The van der Waals surface area contributed by atoms with Crippen LogP contribution in [-0.2, 0) is 11.3 Å². The number of nitrogens with one attached hydrogen (secondary N) is 2. The summed E-state index contributed by atoms with van der Waals surface area (Å²) < 4.78 is 5.77. The molecule has 1 aromatic heterocycles. The first-order valence-corrected chi connectivity index (χ1v) is 12.7. The Bertz CT molecular complexity index is 1000. The van der Waals surface area contributed by atoms with Crippen LogP contribution < -0.4 is 15.5 Å². The van der Waals surface area contributed by atoms with E-state index in [1.807, 2.05) is 32.3 Å². The highest BCUT2D eigenvalue weighted by molar-refractivity contribution is 5.90. The molecule has 2 N–H and O–H groups in total. The van der Waals surface area contributed by atoms with E-state index in [1.165, 1.54) is 37.7 Å². The average Bonchev–Trinajstić information content (AvgIpc) is 2.86. The van der Waals surface area contributed by atoms with Gasteiger partial charge in [-0.1, -0.05) is 42.5 Å². The third-order valence-corrected chi connectivity index (χ3v) is 6.62. The Hall–Kier alpha value is -2.70. The number of fused-ring (bicyclic) bond motifs is 1. The van der Waals surface area contributed by atoms with E-state index in [-0.39, 0.29) is 0 Å². The molecule has 6 nitrogen and oxygen atoms in total. The maximum absolute atomic E-state index is 5.77. The van der Waals surface area contributed by atoms with Crippen molar-refractivity contribution in [3.05, 3.63) is 60.2 Å². The molecule has 6 heteroatoms. The molecule has 0 spiro atoms. The molecule has 1 heterocycles. The topological polar surface area (TPSA) is 62.3 Å². The van der Waals surface area contributed by atoms with E-state index in [4.69, 9.17) is 14.7 Å². The first-order valence-electron chi connectivity index (χ1n) is 12.7. The minimum Gasteiger partial charge on any atom is -0.377 e. The number of benzene rings is 2. The molecule has 1 aliphatic rings. The summed E-state index contributed by atoms with van der Waals surface area (Å²) in [5, 5.41) is 8.37. The molecule has 1 aliphatic carbocycles. The Kier molecular flexibility index (Phi) is 9.11. The first-order chi connectivity index (χ1) is 16.7. The number of aromatic nitrogens is 2. The Morgan fingerprint density at radius 1 is 0.912 bits per heavy atom. The molecule has 182 valence electrons. The van der Waals surface area contributed by atoms with Crippen LogP contribution in [-0.4, -0.2) is 49.8 Å². The fraction of sp³-hybridized carbons (Fsp3) is 0.500. The number of ether oxygens (including phenoxy) is 1. The summed E-state index contributed by atoms with van der Waals surface area (Å²) in [7, 11) is 4.07. The number of para-hydroxylation sites is 1. The molecule has 1 fully saturated rings. The molecule has 4 rings (SSSR count). The van der Waals surface area contributed by atoms with Crippen molar-refractivity contribution in [3.63, 3.8) is 0 Å². The molecular formula is C28H39N5O. The minimum absolute atomic E-state index is 0.453. The molecule has 0 saturated heterocycles. The number of unbranched alkanes of at least 4 members (excludes halogenated alkanes) is 1. The van der Waals surface area contributed by atoms with E-state index in [0.29, 0.717) is 12.6 Å². The van der Waals surface area contributed by atoms with Gasteiger partial charge in [-0.3, -0.25) is 0 Å². The van der Waals surface area contributed by atoms with Gasteiger partial charge in [0.05, 0.1) is 12.1 Å². The largest absolute Gasteiger partial charge is 0.377 e. The molecule has 0 bridgehead atoms. The molecule has 0 atom stereocenters. The SMILES string of the molecule is CN(C)c1nc(N[C@H]2CC[C@@H](CNCCCCOCc3ccccc3)CC2)nc2ccccc12. The van der Waals surface area contributed by atoms with Crippen molar-refractivity contribution < 1.29 is 4.74 Å². The maximum atomic E-state index is 5.77. The molecule has 2 aromatic carbocycles.